The number of aliphatic carboxylic acids is 1. The van der Waals surface area contributed by atoms with Crippen LogP contribution in [0.4, 0.5) is 10.5 Å². The zero-order chi connectivity index (χ0) is 17.0. The Bertz CT molecular complexity index is 571. The van der Waals surface area contributed by atoms with E-state index in [2.05, 4.69) is 10.2 Å². The zero-order valence-electron chi connectivity index (χ0n) is 13.3. The molecule has 1 atom stereocenters. The lowest BCUT2D eigenvalue weighted by atomic mass is 10.1. The highest BCUT2D eigenvalue weighted by molar-refractivity contribution is 6.30. The fraction of sp³-hybridized carbons (Fsp3) is 0.500. The maximum atomic E-state index is 12.2. The van der Waals surface area contributed by atoms with Crippen molar-refractivity contribution in [1.29, 1.82) is 0 Å². The molecule has 0 radical (unpaired) electrons. The minimum absolute atomic E-state index is 0.163. The largest absolute Gasteiger partial charge is 0.480 e. The van der Waals surface area contributed by atoms with E-state index in [1.54, 1.807) is 18.7 Å². The summed E-state index contributed by atoms with van der Waals surface area (Å²) in [7, 11) is 0. The summed E-state index contributed by atoms with van der Waals surface area (Å²) in [6.45, 7) is 6.01. The first kappa shape index (κ1) is 17.4. The summed E-state index contributed by atoms with van der Waals surface area (Å²) in [5, 5.41) is 12.4. The monoisotopic (exact) mass is 339 g/mol. The number of hydrogen-bond donors (Lipinski definition) is 2. The Hall–Kier alpha value is -1.95. The molecule has 23 heavy (non-hydrogen) atoms. The van der Waals surface area contributed by atoms with E-state index in [1.807, 2.05) is 24.3 Å². The highest BCUT2D eigenvalue weighted by atomic mass is 35.5. The van der Waals surface area contributed by atoms with Crippen molar-refractivity contribution in [2.24, 2.45) is 5.92 Å². The van der Waals surface area contributed by atoms with E-state index < -0.39 is 12.0 Å². The summed E-state index contributed by atoms with van der Waals surface area (Å²) >= 11 is 6.00. The van der Waals surface area contributed by atoms with Crippen molar-refractivity contribution < 1.29 is 14.7 Å². The maximum absolute atomic E-state index is 12.2. The Balaban J connectivity index is 1.91. The van der Waals surface area contributed by atoms with Crippen LogP contribution in [0.2, 0.25) is 5.02 Å². The van der Waals surface area contributed by atoms with Crippen LogP contribution in [0, 0.1) is 5.92 Å². The van der Waals surface area contributed by atoms with Gasteiger partial charge in [-0.2, -0.15) is 0 Å². The molecule has 1 aromatic rings. The van der Waals surface area contributed by atoms with Crippen LogP contribution in [0.5, 0.6) is 0 Å². The van der Waals surface area contributed by atoms with E-state index in [4.69, 9.17) is 16.7 Å². The molecule has 2 N–H and O–H groups in total. The van der Waals surface area contributed by atoms with Gasteiger partial charge in [0.25, 0.3) is 0 Å². The van der Waals surface area contributed by atoms with Crippen molar-refractivity contribution in [3.05, 3.63) is 29.3 Å². The average Bonchev–Trinajstić information content (AvgIpc) is 2.52. The van der Waals surface area contributed by atoms with Crippen molar-refractivity contribution in [2.75, 3.05) is 31.1 Å². The summed E-state index contributed by atoms with van der Waals surface area (Å²) in [6.07, 6.45) is 0. The van der Waals surface area contributed by atoms with E-state index in [0.717, 1.165) is 5.69 Å². The molecule has 0 spiro atoms. The van der Waals surface area contributed by atoms with Gasteiger partial charge in [-0.3, -0.25) is 0 Å². The maximum Gasteiger partial charge on any atom is 0.326 e. The summed E-state index contributed by atoms with van der Waals surface area (Å²) in [5.74, 6) is -1.17. The number of carboxylic acids is 1. The number of carbonyl (C=O) groups is 2. The van der Waals surface area contributed by atoms with Crippen LogP contribution in [-0.4, -0.2) is 54.2 Å². The van der Waals surface area contributed by atoms with E-state index in [1.165, 1.54) is 0 Å². The molecular formula is C16H22ClN3O3. The molecule has 1 heterocycles. The van der Waals surface area contributed by atoms with Crippen molar-refractivity contribution >= 4 is 29.3 Å². The lowest BCUT2D eigenvalue weighted by molar-refractivity contribution is -0.140. The van der Waals surface area contributed by atoms with Crippen molar-refractivity contribution in [2.45, 2.75) is 19.9 Å². The normalized spacial score (nSPS) is 16.3. The number of halogens is 1. The van der Waals surface area contributed by atoms with E-state index in [0.29, 0.717) is 31.2 Å². The molecule has 7 heteroatoms. The van der Waals surface area contributed by atoms with Gasteiger partial charge in [-0.05, 0) is 24.1 Å². The molecule has 2 amide bonds. The van der Waals surface area contributed by atoms with Gasteiger partial charge in [-0.1, -0.05) is 31.5 Å². The number of carboxylic acid groups (broad SMARTS) is 1. The van der Waals surface area contributed by atoms with Crippen molar-refractivity contribution in [3.63, 3.8) is 0 Å². The molecule has 1 saturated heterocycles. The fourth-order valence-electron chi connectivity index (χ4n) is 2.58. The van der Waals surface area contributed by atoms with Gasteiger partial charge in [-0.15, -0.1) is 0 Å². The first-order valence-corrected chi connectivity index (χ1v) is 8.05. The van der Waals surface area contributed by atoms with Gasteiger partial charge in [0.1, 0.15) is 6.04 Å². The van der Waals surface area contributed by atoms with Crippen molar-refractivity contribution in [1.82, 2.24) is 10.2 Å². The molecule has 1 fully saturated rings. The number of benzene rings is 1. The van der Waals surface area contributed by atoms with Gasteiger partial charge >= 0.3 is 12.0 Å². The third kappa shape index (κ3) is 4.51. The SMILES string of the molecule is CC(C)[C@H](NC(=O)N1CCN(c2cccc(Cl)c2)CC1)C(=O)O. The number of carbonyl (C=O) groups excluding carboxylic acids is 1. The van der Waals surface area contributed by atoms with Gasteiger partial charge in [0.2, 0.25) is 0 Å². The topological polar surface area (TPSA) is 72.9 Å². The van der Waals surface area contributed by atoms with Gasteiger partial charge in [0, 0.05) is 36.9 Å². The number of piperazine rings is 1. The standard InChI is InChI=1S/C16H22ClN3O3/c1-11(2)14(15(21)22)18-16(23)20-8-6-19(7-9-20)13-5-3-4-12(17)10-13/h3-5,10-11,14H,6-9H2,1-2H3,(H,18,23)(H,21,22)/t14-/m0/s1. The minimum Gasteiger partial charge on any atom is -0.480 e. The highest BCUT2D eigenvalue weighted by Gasteiger charge is 2.27. The number of anilines is 1. The summed E-state index contributed by atoms with van der Waals surface area (Å²) in [6, 6.07) is 6.42. The molecule has 126 valence electrons. The Labute approximate surface area is 141 Å². The van der Waals surface area contributed by atoms with E-state index >= 15 is 0 Å². The lowest BCUT2D eigenvalue weighted by Gasteiger charge is -2.36. The average molecular weight is 340 g/mol. The van der Waals surface area contributed by atoms with Gasteiger partial charge < -0.3 is 20.2 Å². The summed E-state index contributed by atoms with van der Waals surface area (Å²) < 4.78 is 0. The first-order valence-electron chi connectivity index (χ1n) is 7.67. The second kappa shape index (κ2) is 7.55. The van der Waals surface area contributed by atoms with Crippen LogP contribution in [0.25, 0.3) is 0 Å². The highest BCUT2D eigenvalue weighted by Crippen LogP contribution is 2.20. The number of hydrogen-bond acceptors (Lipinski definition) is 3. The smallest absolute Gasteiger partial charge is 0.326 e. The lowest BCUT2D eigenvalue weighted by Crippen LogP contribution is -2.55. The molecule has 1 aliphatic rings. The van der Waals surface area contributed by atoms with Crippen molar-refractivity contribution in [3.8, 4) is 0 Å². The number of nitrogens with one attached hydrogen (secondary N) is 1. The second-order valence-electron chi connectivity index (χ2n) is 5.96. The summed E-state index contributed by atoms with van der Waals surface area (Å²) in [4.78, 5) is 27.2. The number of urea groups is 1. The molecule has 0 unspecified atom stereocenters. The van der Waals surface area contributed by atoms with Gasteiger partial charge in [0.05, 0.1) is 0 Å². The molecule has 0 bridgehead atoms. The molecule has 0 aromatic heterocycles. The molecule has 1 aromatic carbocycles. The number of amides is 2. The Kier molecular flexibility index (Phi) is 5.71. The third-order valence-electron chi connectivity index (χ3n) is 3.95. The quantitative estimate of drug-likeness (QED) is 0.882. The second-order valence-corrected chi connectivity index (χ2v) is 6.40. The molecule has 1 aliphatic heterocycles. The van der Waals surface area contributed by atoms with Crippen LogP contribution < -0.4 is 10.2 Å². The van der Waals surface area contributed by atoms with Crippen LogP contribution in [0.3, 0.4) is 0 Å². The van der Waals surface area contributed by atoms with E-state index in [9.17, 15) is 9.59 Å². The van der Waals surface area contributed by atoms with Gasteiger partial charge in [-0.25, -0.2) is 9.59 Å². The fourth-order valence-corrected chi connectivity index (χ4v) is 2.76. The zero-order valence-corrected chi connectivity index (χ0v) is 14.1. The Morgan fingerprint density at radius 2 is 1.87 bits per heavy atom. The van der Waals surface area contributed by atoms with E-state index in [-0.39, 0.29) is 11.9 Å². The number of nitrogens with zero attached hydrogens (tertiary/aromatic N) is 2. The Morgan fingerprint density at radius 1 is 1.22 bits per heavy atom. The Morgan fingerprint density at radius 3 is 2.39 bits per heavy atom. The predicted octanol–water partition coefficient (Wildman–Crippen LogP) is 2.28. The minimum atomic E-state index is -1.01. The van der Waals surface area contributed by atoms with Crippen LogP contribution in [-0.2, 0) is 4.79 Å². The molecule has 0 aliphatic carbocycles. The van der Waals surface area contributed by atoms with Crippen LogP contribution in [0.1, 0.15) is 13.8 Å². The van der Waals surface area contributed by atoms with Crippen LogP contribution in [0.15, 0.2) is 24.3 Å². The van der Waals surface area contributed by atoms with Gasteiger partial charge in [0.15, 0.2) is 0 Å². The molecule has 0 saturated carbocycles. The third-order valence-corrected chi connectivity index (χ3v) is 4.19. The molecular weight excluding hydrogens is 318 g/mol. The molecule has 6 nitrogen and oxygen atoms in total. The number of rotatable bonds is 4. The predicted molar refractivity (Wildman–Crippen MR) is 90.0 cm³/mol. The first-order chi connectivity index (χ1) is 10.9. The van der Waals surface area contributed by atoms with Crippen LogP contribution >= 0.6 is 11.6 Å². The summed E-state index contributed by atoms with van der Waals surface area (Å²) in [5.41, 5.74) is 1.03. The molecule has 2 rings (SSSR count).